The van der Waals surface area contributed by atoms with E-state index in [2.05, 4.69) is 0 Å². The van der Waals surface area contributed by atoms with Crippen molar-refractivity contribution in [3.8, 4) is 0 Å². The van der Waals surface area contributed by atoms with E-state index >= 15 is 0 Å². The van der Waals surface area contributed by atoms with Crippen molar-refractivity contribution in [2.45, 2.75) is 31.3 Å². The quantitative estimate of drug-likeness (QED) is 0.695. The average molecular weight is 216 g/mol. The third-order valence-corrected chi connectivity index (χ3v) is 2.40. The van der Waals surface area contributed by atoms with Gasteiger partial charge in [0.2, 0.25) is 6.17 Å². The lowest BCUT2D eigenvalue weighted by molar-refractivity contribution is -0.212. The molecule has 2 atom stereocenters. The van der Waals surface area contributed by atoms with Crippen LogP contribution in [0.5, 0.6) is 0 Å². The predicted octanol–water partition coefficient (Wildman–Crippen LogP) is 1.11. The van der Waals surface area contributed by atoms with Gasteiger partial charge in [-0.15, -0.1) is 0 Å². The Morgan fingerprint density at radius 3 is 2.00 bits per heavy atom. The lowest BCUT2D eigenvalue weighted by atomic mass is 9.93. The fraction of sp³-hybridized carbons (Fsp3) is 0.857. The van der Waals surface area contributed by atoms with E-state index in [4.69, 9.17) is 10.2 Å². The van der Waals surface area contributed by atoms with Gasteiger partial charge in [-0.2, -0.15) is 13.2 Å². The second-order valence-corrected chi connectivity index (χ2v) is 3.38. The summed E-state index contributed by atoms with van der Waals surface area (Å²) in [5, 5.41) is 17.2. The standard InChI is InChI=1S/C7H8F4O3/c8-5(7(9,10)11)6(1-2-6)3(12)4(13)14/h3,5,12H,1-2H2,(H,13,14). The molecule has 82 valence electrons. The van der Waals surface area contributed by atoms with Crippen molar-refractivity contribution in [2.24, 2.45) is 5.41 Å². The number of hydrogen-bond acceptors (Lipinski definition) is 2. The van der Waals surface area contributed by atoms with Gasteiger partial charge in [0.15, 0.2) is 6.10 Å². The van der Waals surface area contributed by atoms with E-state index in [1.165, 1.54) is 0 Å². The highest BCUT2D eigenvalue weighted by atomic mass is 19.4. The summed E-state index contributed by atoms with van der Waals surface area (Å²) in [4.78, 5) is 10.2. The molecule has 0 saturated heterocycles. The van der Waals surface area contributed by atoms with Gasteiger partial charge in [-0.3, -0.25) is 0 Å². The molecule has 0 aromatic carbocycles. The minimum absolute atomic E-state index is 0.263. The fourth-order valence-corrected chi connectivity index (χ4v) is 1.38. The molecule has 1 aliphatic rings. The van der Waals surface area contributed by atoms with Crippen molar-refractivity contribution in [1.82, 2.24) is 0 Å². The van der Waals surface area contributed by atoms with Crippen LogP contribution < -0.4 is 0 Å². The zero-order valence-electron chi connectivity index (χ0n) is 6.88. The van der Waals surface area contributed by atoms with Crippen LogP contribution in [0.25, 0.3) is 0 Å². The highest BCUT2D eigenvalue weighted by Gasteiger charge is 2.66. The molecule has 3 nitrogen and oxygen atoms in total. The number of alkyl halides is 4. The molecule has 0 aromatic heterocycles. The first-order chi connectivity index (χ1) is 6.22. The van der Waals surface area contributed by atoms with Crippen molar-refractivity contribution in [1.29, 1.82) is 0 Å². The number of rotatable bonds is 3. The first-order valence-electron chi connectivity index (χ1n) is 3.83. The lowest BCUT2D eigenvalue weighted by Gasteiger charge is -2.24. The number of aliphatic carboxylic acids is 1. The zero-order valence-corrected chi connectivity index (χ0v) is 6.88. The van der Waals surface area contributed by atoms with E-state index in [1.54, 1.807) is 0 Å². The molecule has 0 amide bonds. The van der Waals surface area contributed by atoms with Crippen molar-refractivity contribution in [2.75, 3.05) is 0 Å². The topological polar surface area (TPSA) is 57.5 Å². The molecular weight excluding hydrogens is 208 g/mol. The number of carbonyl (C=O) groups is 1. The lowest BCUT2D eigenvalue weighted by Crippen LogP contribution is -2.44. The SMILES string of the molecule is O=C(O)C(O)C1(C(F)C(F)(F)F)CC1. The molecule has 1 aliphatic carbocycles. The van der Waals surface area contributed by atoms with Crippen LogP contribution in [0.1, 0.15) is 12.8 Å². The summed E-state index contributed by atoms with van der Waals surface area (Å²) in [5.41, 5.74) is -2.16. The smallest absolute Gasteiger partial charge is 0.420 e. The molecule has 7 heteroatoms. The van der Waals surface area contributed by atoms with E-state index < -0.39 is 29.8 Å². The predicted molar refractivity (Wildman–Crippen MR) is 36.3 cm³/mol. The second kappa shape index (κ2) is 3.08. The van der Waals surface area contributed by atoms with Gasteiger partial charge < -0.3 is 10.2 Å². The largest absolute Gasteiger partial charge is 0.479 e. The Labute approximate surface area is 76.3 Å². The molecule has 0 aromatic rings. The minimum atomic E-state index is -5.12. The Hall–Kier alpha value is -0.850. The maximum atomic E-state index is 12.8. The van der Waals surface area contributed by atoms with Crippen LogP contribution in [0.2, 0.25) is 0 Å². The van der Waals surface area contributed by atoms with E-state index in [0.29, 0.717) is 0 Å². The molecule has 0 heterocycles. The molecule has 1 fully saturated rings. The Balaban J connectivity index is 2.81. The molecule has 0 bridgehead atoms. The first-order valence-corrected chi connectivity index (χ1v) is 3.83. The molecular formula is C7H8F4O3. The first kappa shape index (κ1) is 11.2. The van der Waals surface area contributed by atoms with E-state index in [1.807, 2.05) is 0 Å². The molecule has 2 N–H and O–H groups in total. The van der Waals surface area contributed by atoms with Gasteiger partial charge in [-0.25, -0.2) is 9.18 Å². The Morgan fingerprint density at radius 1 is 1.36 bits per heavy atom. The Bertz CT molecular complexity index is 246. The second-order valence-electron chi connectivity index (χ2n) is 3.38. The van der Waals surface area contributed by atoms with Gasteiger partial charge in [-0.05, 0) is 12.8 Å². The summed E-state index contributed by atoms with van der Waals surface area (Å²) in [6.07, 6.45) is -11.2. The van der Waals surface area contributed by atoms with Gasteiger partial charge in [0.25, 0.3) is 0 Å². The van der Waals surface area contributed by atoms with Gasteiger partial charge in [-0.1, -0.05) is 0 Å². The number of halogens is 4. The minimum Gasteiger partial charge on any atom is -0.479 e. The summed E-state index contributed by atoms with van der Waals surface area (Å²) >= 11 is 0. The summed E-state index contributed by atoms with van der Waals surface area (Å²) in [5.74, 6) is -1.82. The molecule has 1 rings (SSSR count). The number of aliphatic hydroxyl groups excluding tert-OH is 1. The van der Waals surface area contributed by atoms with Crippen LogP contribution in [-0.4, -0.2) is 34.6 Å². The average Bonchev–Trinajstić information content (AvgIpc) is 2.80. The summed E-state index contributed by atoms with van der Waals surface area (Å²) in [6.45, 7) is 0. The maximum absolute atomic E-state index is 12.8. The van der Waals surface area contributed by atoms with Crippen LogP contribution in [-0.2, 0) is 4.79 Å². The number of carboxylic acid groups (broad SMARTS) is 1. The third-order valence-electron chi connectivity index (χ3n) is 2.40. The monoisotopic (exact) mass is 216 g/mol. The fourth-order valence-electron chi connectivity index (χ4n) is 1.38. The van der Waals surface area contributed by atoms with Gasteiger partial charge in [0.1, 0.15) is 0 Å². The normalized spacial score (nSPS) is 24.1. The maximum Gasteiger partial charge on any atom is 0.420 e. The molecule has 0 spiro atoms. The Morgan fingerprint density at radius 2 is 1.79 bits per heavy atom. The van der Waals surface area contributed by atoms with Crippen LogP contribution in [0.4, 0.5) is 17.6 Å². The summed E-state index contributed by atoms with van der Waals surface area (Å²) in [6, 6.07) is 0. The van der Waals surface area contributed by atoms with Crippen molar-refractivity contribution < 1.29 is 32.6 Å². The number of hydrogen-bond donors (Lipinski definition) is 2. The van der Waals surface area contributed by atoms with Crippen LogP contribution in [0.3, 0.4) is 0 Å². The summed E-state index contributed by atoms with van der Waals surface area (Å²) < 4.78 is 48.6. The van der Waals surface area contributed by atoms with Crippen LogP contribution >= 0.6 is 0 Å². The van der Waals surface area contributed by atoms with Crippen molar-refractivity contribution >= 4 is 5.97 Å². The van der Waals surface area contributed by atoms with Crippen LogP contribution in [0.15, 0.2) is 0 Å². The van der Waals surface area contributed by atoms with E-state index in [9.17, 15) is 22.4 Å². The Kier molecular flexibility index (Phi) is 2.47. The van der Waals surface area contributed by atoms with E-state index in [-0.39, 0.29) is 12.8 Å². The molecule has 0 aliphatic heterocycles. The third kappa shape index (κ3) is 1.68. The highest BCUT2D eigenvalue weighted by molar-refractivity contribution is 5.74. The molecule has 0 radical (unpaired) electrons. The van der Waals surface area contributed by atoms with Gasteiger partial charge in [0.05, 0.1) is 0 Å². The van der Waals surface area contributed by atoms with E-state index in [0.717, 1.165) is 0 Å². The number of aliphatic hydroxyl groups is 1. The van der Waals surface area contributed by atoms with Crippen molar-refractivity contribution in [3.63, 3.8) is 0 Å². The molecule has 2 unspecified atom stereocenters. The summed E-state index contributed by atoms with van der Waals surface area (Å²) in [7, 11) is 0. The molecule has 1 saturated carbocycles. The molecule has 14 heavy (non-hydrogen) atoms. The zero-order chi connectivity index (χ0) is 11.1. The van der Waals surface area contributed by atoms with Gasteiger partial charge >= 0.3 is 12.1 Å². The number of carboxylic acids is 1. The highest BCUT2D eigenvalue weighted by Crippen LogP contribution is 2.57. The van der Waals surface area contributed by atoms with Gasteiger partial charge in [0, 0.05) is 5.41 Å². The van der Waals surface area contributed by atoms with Crippen molar-refractivity contribution in [3.05, 3.63) is 0 Å². The van der Waals surface area contributed by atoms with Crippen LogP contribution in [0, 0.1) is 5.41 Å².